The number of aromatic amines is 2. The number of rotatable bonds is 32. The molecule has 15 N–H and O–H groups in total. The molecule has 1 aliphatic heterocycles. The minimum absolute atomic E-state index is 0.0709. The number of para-hydroxylation sites is 1. The monoisotopic (exact) mass is 1170 g/mol. The summed E-state index contributed by atoms with van der Waals surface area (Å²) < 4.78 is 0. The number of ketones is 1. The molecule has 2 aromatic carbocycles. The quantitative estimate of drug-likeness (QED) is 0.0109. The number of H-pyrrole nitrogens is 2. The maximum atomic E-state index is 14.7. The maximum Gasteiger partial charge on any atom is 0.303 e. The van der Waals surface area contributed by atoms with Gasteiger partial charge in [-0.2, -0.15) is 25.3 Å². The predicted octanol–water partition coefficient (Wildman–Crippen LogP) is -1.98. The van der Waals surface area contributed by atoms with Crippen LogP contribution in [0.3, 0.4) is 0 Å². The molecule has 442 valence electrons. The van der Waals surface area contributed by atoms with Gasteiger partial charge < -0.3 is 73.6 Å². The van der Waals surface area contributed by atoms with E-state index in [1.807, 2.05) is 6.07 Å². The lowest BCUT2D eigenvalue weighted by molar-refractivity contribution is -0.139. The van der Waals surface area contributed by atoms with Crippen LogP contribution in [0, 0.1) is 5.41 Å². The molecule has 2 aromatic heterocycles. The Morgan fingerprint density at radius 1 is 0.695 bits per heavy atom. The topological polar surface area (TPSA) is 414 Å². The zero-order valence-corrected chi connectivity index (χ0v) is 47.0. The van der Waals surface area contributed by atoms with Crippen LogP contribution in [0.25, 0.3) is 10.9 Å². The van der Waals surface area contributed by atoms with Crippen molar-refractivity contribution in [2.45, 2.75) is 120 Å². The lowest BCUT2D eigenvalue weighted by Gasteiger charge is -2.28. The van der Waals surface area contributed by atoms with Crippen molar-refractivity contribution in [2.24, 2.45) is 5.73 Å². The van der Waals surface area contributed by atoms with Crippen molar-refractivity contribution in [3.05, 3.63) is 90.1 Å². The Labute approximate surface area is 483 Å². The fourth-order valence-electron chi connectivity index (χ4n) is 9.12. The van der Waals surface area contributed by atoms with Crippen LogP contribution in [0.4, 0.5) is 0 Å². The Morgan fingerprint density at radius 2 is 1.28 bits per heavy atom. The minimum atomic E-state index is -1.54. The van der Waals surface area contributed by atoms with Crippen LogP contribution >= 0.6 is 25.3 Å². The van der Waals surface area contributed by atoms with E-state index < -0.39 is 127 Å². The number of Topliss-reactive ketones (excluding diaryl/α,β-unsaturated/α-hetero) is 1. The van der Waals surface area contributed by atoms with E-state index in [1.54, 1.807) is 54.7 Å². The van der Waals surface area contributed by atoms with Crippen LogP contribution < -0.4 is 53.6 Å². The Hall–Kier alpha value is -8.47. The van der Waals surface area contributed by atoms with Gasteiger partial charge in [-0.3, -0.25) is 58.1 Å². The molecule has 29 heteroatoms. The van der Waals surface area contributed by atoms with Crippen LogP contribution in [0.1, 0.15) is 69.2 Å². The molecular weight excluding hydrogens is 1100 g/mol. The van der Waals surface area contributed by atoms with Gasteiger partial charge in [-0.05, 0) is 56.2 Å². The molecule has 3 heterocycles. The third kappa shape index (κ3) is 20.0. The summed E-state index contributed by atoms with van der Waals surface area (Å²) in [6.45, 7) is 2.31. The zero-order chi connectivity index (χ0) is 59.9. The number of carbonyl (C=O) groups is 11. The number of fused-ring (bicyclic) bond motifs is 1. The van der Waals surface area contributed by atoms with Crippen molar-refractivity contribution in [1.29, 1.82) is 5.41 Å². The number of aromatic nitrogens is 3. The van der Waals surface area contributed by atoms with Crippen LogP contribution in [0.5, 0.6) is 0 Å². The van der Waals surface area contributed by atoms with E-state index in [-0.39, 0.29) is 67.6 Å². The summed E-state index contributed by atoms with van der Waals surface area (Å²) in [5, 5.41) is 41.2. The molecule has 1 fully saturated rings. The molecule has 0 aliphatic carbocycles. The van der Waals surface area contributed by atoms with Crippen molar-refractivity contribution >= 4 is 107 Å². The number of imidazole rings is 1. The highest BCUT2D eigenvalue weighted by Gasteiger charge is 2.37. The molecule has 5 rings (SSSR count). The Kier molecular flexibility index (Phi) is 25.2. The lowest BCUT2D eigenvalue weighted by Crippen LogP contribution is -2.60. The average molecular weight is 1170 g/mol. The third-order valence-electron chi connectivity index (χ3n) is 13.3. The van der Waals surface area contributed by atoms with Crippen molar-refractivity contribution in [2.75, 3.05) is 31.1 Å². The van der Waals surface area contributed by atoms with Crippen molar-refractivity contribution in [1.82, 2.24) is 67.7 Å². The summed E-state index contributed by atoms with van der Waals surface area (Å²) in [4.78, 5) is 159. The second-order valence-corrected chi connectivity index (χ2v) is 20.2. The van der Waals surface area contributed by atoms with E-state index >= 15 is 0 Å². The highest BCUT2D eigenvalue weighted by molar-refractivity contribution is 7.80. The van der Waals surface area contributed by atoms with Crippen LogP contribution in [-0.2, 0) is 72.0 Å². The van der Waals surface area contributed by atoms with Gasteiger partial charge in [-0.15, -0.1) is 0 Å². The molecule has 1 saturated heterocycles. The predicted molar refractivity (Wildman–Crippen MR) is 306 cm³/mol. The first-order valence-electron chi connectivity index (χ1n) is 26.4. The van der Waals surface area contributed by atoms with Gasteiger partial charge in [0.1, 0.15) is 42.3 Å². The molecular formula is C53H71N15O12S2. The first-order valence-corrected chi connectivity index (χ1v) is 27.7. The van der Waals surface area contributed by atoms with Gasteiger partial charge in [0.25, 0.3) is 0 Å². The summed E-state index contributed by atoms with van der Waals surface area (Å²) in [6.07, 6.45) is 3.92. The van der Waals surface area contributed by atoms with Crippen molar-refractivity contribution in [3.8, 4) is 0 Å². The van der Waals surface area contributed by atoms with E-state index in [0.29, 0.717) is 30.5 Å². The number of nitrogens with zero attached hydrogens (tertiary/aromatic N) is 2. The number of benzene rings is 2. The molecule has 8 atom stereocenters. The molecule has 82 heavy (non-hydrogen) atoms. The normalized spacial score (nSPS) is 15.4. The molecule has 0 spiro atoms. The second-order valence-electron chi connectivity index (χ2n) is 19.5. The van der Waals surface area contributed by atoms with Gasteiger partial charge in [0.15, 0.2) is 11.7 Å². The molecule has 1 aliphatic rings. The number of nitrogens with one attached hydrogen (secondary N) is 12. The number of hydrogen-bond acceptors (Lipinski definition) is 15. The maximum absolute atomic E-state index is 14.7. The largest absolute Gasteiger partial charge is 0.481 e. The van der Waals surface area contributed by atoms with Gasteiger partial charge in [0.05, 0.1) is 24.6 Å². The number of guanidine groups is 1. The number of hydrogen-bond donors (Lipinski definition) is 16. The third-order valence-corrected chi connectivity index (χ3v) is 14.0. The summed E-state index contributed by atoms with van der Waals surface area (Å²) in [6, 6.07) is 5.33. The first-order chi connectivity index (χ1) is 39.2. The molecule has 27 nitrogen and oxygen atoms in total. The number of nitrogens with two attached hydrogens (primary N) is 1. The van der Waals surface area contributed by atoms with Crippen LogP contribution in [0.2, 0.25) is 0 Å². The molecule has 9 amide bonds. The minimum Gasteiger partial charge on any atom is -0.481 e. The average Bonchev–Trinajstić information content (AvgIpc) is 4.45. The fraction of sp³-hybridized carbons (Fsp3) is 0.453. The fourth-order valence-corrected chi connectivity index (χ4v) is 9.62. The lowest BCUT2D eigenvalue weighted by atomic mass is 10.0. The summed E-state index contributed by atoms with van der Waals surface area (Å²) in [5.74, 6) is -9.34. The number of carbonyl (C=O) groups excluding carboxylic acids is 10. The Balaban J connectivity index is 1.41. The van der Waals surface area contributed by atoms with E-state index in [4.69, 9.17) is 11.1 Å². The number of amides is 9. The van der Waals surface area contributed by atoms with Gasteiger partial charge in [0, 0.05) is 80.5 Å². The summed E-state index contributed by atoms with van der Waals surface area (Å²) in [7, 11) is 0. The number of thiol groups is 2. The van der Waals surface area contributed by atoms with Gasteiger partial charge in [-0.25, -0.2) is 4.98 Å². The van der Waals surface area contributed by atoms with E-state index in [2.05, 4.69) is 88.1 Å². The van der Waals surface area contributed by atoms with E-state index in [1.165, 1.54) is 31.3 Å². The number of aliphatic carboxylic acids is 1. The van der Waals surface area contributed by atoms with Crippen molar-refractivity contribution in [3.63, 3.8) is 0 Å². The second kappa shape index (κ2) is 32.1. The van der Waals surface area contributed by atoms with Gasteiger partial charge >= 0.3 is 5.97 Å². The summed E-state index contributed by atoms with van der Waals surface area (Å²) in [5.41, 5.74) is 7.69. The smallest absolute Gasteiger partial charge is 0.303 e. The highest BCUT2D eigenvalue weighted by atomic mass is 32.1. The first kappa shape index (κ1) is 64.4. The number of carboxylic acid groups (broad SMARTS) is 1. The standard InChI is InChI=1S/C53H71N15O12S2/c1-29(69)43-15-9-19-68(43)52(80)42(27-82)62-44(71)25-59-46(74)39(21-32-23-58-35-13-7-6-12-34(32)35)66-47(75)36(14-8-18-57-53(54)55)63-49(77)38(20-31-10-4-3-5-11-31)65-50(78)40(22-33-24-56-28-60-33)67-48(76)37(16-17-45(72)73)64-51(79)41(26-81)61-30(2)70/h3-7,10-13,23-24,28,36-43,58,81-82H,8-9,14-22,25-27H2,1-2H3,(H,56,60)(H,59,74)(H,61,70)(H,62,71)(H,63,77)(H,64,79)(H,65,78)(H,66,75)(H,67,76)(H,72,73)(H4,54,55,57)/t36-,37-,38+,39-,40-,41-,42-,43-/m0/s1. The molecule has 0 bridgehead atoms. The van der Waals surface area contributed by atoms with Gasteiger partial charge in [-0.1, -0.05) is 48.5 Å². The number of carboxylic acids is 1. The molecule has 0 radical (unpaired) electrons. The van der Waals surface area contributed by atoms with E-state index in [9.17, 15) is 57.8 Å². The van der Waals surface area contributed by atoms with Crippen LogP contribution in [-0.4, -0.2) is 175 Å². The number of likely N-dealkylation sites (tertiary alicyclic amines) is 1. The molecule has 0 saturated carbocycles. The Bertz CT molecular complexity index is 2910. The SMILES string of the molecule is CC(=O)N[C@@H](CS)C(=O)N[C@@H](CCC(=O)O)C(=O)N[C@@H](Cc1c[nH]cn1)C(=O)N[C@H](Cc1ccccc1)C(=O)N[C@@H](CCCNC(=N)N)C(=O)N[C@@H](Cc1c[nH]c2ccccc12)C(=O)NCC(=O)N[C@@H](CS)C(=O)N1CCC[C@H]1C(C)=O. The van der Waals surface area contributed by atoms with Crippen molar-refractivity contribution < 1.29 is 57.8 Å². The van der Waals surface area contributed by atoms with Gasteiger partial charge in [0.2, 0.25) is 53.2 Å². The summed E-state index contributed by atoms with van der Waals surface area (Å²) >= 11 is 8.37. The van der Waals surface area contributed by atoms with E-state index in [0.717, 1.165) is 10.9 Å². The van der Waals surface area contributed by atoms with Crippen LogP contribution in [0.15, 0.2) is 73.3 Å². The zero-order valence-electron chi connectivity index (χ0n) is 45.3. The Morgan fingerprint density at radius 3 is 1.88 bits per heavy atom. The highest BCUT2D eigenvalue weighted by Crippen LogP contribution is 2.21. The molecule has 4 aromatic rings. The molecule has 0 unspecified atom stereocenters.